The van der Waals surface area contributed by atoms with Crippen LogP contribution in [0.4, 0.5) is 0 Å². The van der Waals surface area contributed by atoms with Crippen LogP contribution in [0.15, 0.2) is 37.1 Å². The van der Waals surface area contributed by atoms with E-state index in [-0.39, 0.29) is 0 Å². The first kappa shape index (κ1) is 15.2. The van der Waals surface area contributed by atoms with Crippen molar-refractivity contribution in [2.75, 3.05) is 26.2 Å². The summed E-state index contributed by atoms with van der Waals surface area (Å²) in [5.41, 5.74) is 2.59. The Morgan fingerprint density at radius 1 is 1.23 bits per heavy atom. The maximum Gasteiger partial charge on any atom is 0.0952 e. The van der Waals surface area contributed by atoms with Gasteiger partial charge in [0, 0.05) is 44.8 Å². The van der Waals surface area contributed by atoms with Crippen molar-refractivity contribution < 1.29 is 0 Å². The summed E-state index contributed by atoms with van der Waals surface area (Å²) >= 11 is 0. The van der Waals surface area contributed by atoms with Gasteiger partial charge >= 0.3 is 0 Å². The van der Waals surface area contributed by atoms with Gasteiger partial charge in [0.05, 0.1) is 18.1 Å². The quantitative estimate of drug-likeness (QED) is 0.819. The molecule has 5 nitrogen and oxygen atoms in total. The van der Waals surface area contributed by atoms with Gasteiger partial charge in [0.15, 0.2) is 0 Å². The smallest absolute Gasteiger partial charge is 0.0952 e. The number of hydrogen-bond acceptors (Lipinski definition) is 4. The lowest BCUT2D eigenvalue weighted by Crippen LogP contribution is -2.42. The number of fused-ring (bicyclic) bond motifs is 1. The van der Waals surface area contributed by atoms with Crippen LogP contribution in [-0.2, 0) is 13.1 Å². The summed E-state index contributed by atoms with van der Waals surface area (Å²) in [5, 5.41) is 0. The Morgan fingerprint density at radius 3 is 2.82 bits per heavy atom. The van der Waals surface area contributed by atoms with Crippen molar-refractivity contribution in [2.45, 2.75) is 33.0 Å². The molecule has 0 radical (unpaired) electrons. The lowest BCUT2D eigenvalue weighted by molar-refractivity contribution is 0.143. The Balaban J connectivity index is 1.73. The Bertz CT molecular complexity index is 576. The van der Waals surface area contributed by atoms with E-state index in [1.807, 2.05) is 31.0 Å². The van der Waals surface area contributed by atoms with Crippen molar-refractivity contribution in [1.29, 1.82) is 0 Å². The SMILES string of the molecule is CCN(CC)C[C@H]1CN(Cc2cccnc2)Cc2cncn21. The molecule has 0 aliphatic carbocycles. The largest absolute Gasteiger partial charge is 0.328 e. The number of pyridine rings is 1. The van der Waals surface area contributed by atoms with E-state index >= 15 is 0 Å². The summed E-state index contributed by atoms with van der Waals surface area (Å²) in [6, 6.07) is 4.64. The number of hydrogen-bond donors (Lipinski definition) is 0. The molecule has 0 aromatic carbocycles. The maximum absolute atomic E-state index is 4.36. The average molecular weight is 299 g/mol. The predicted octanol–water partition coefficient (Wildman–Crippen LogP) is 2.18. The predicted molar refractivity (Wildman–Crippen MR) is 87.4 cm³/mol. The second-order valence-electron chi connectivity index (χ2n) is 5.96. The molecule has 0 bridgehead atoms. The van der Waals surface area contributed by atoms with E-state index in [1.54, 1.807) is 0 Å². The first-order valence-corrected chi connectivity index (χ1v) is 8.14. The highest BCUT2D eigenvalue weighted by molar-refractivity contribution is 5.10. The molecule has 0 saturated carbocycles. The normalized spacial score (nSPS) is 18.6. The van der Waals surface area contributed by atoms with Gasteiger partial charge in [-0.3, -0.25) is 9.88 Å². The summed E-state index contributed by atoms with van der Waals surface area (Å²) in [4.78, 5) is 13.6. The van der Waals surface area contributed by atoms with Crippen LogP contribution in [0.3, 0.4) is 0 Å². The van der Waals surface area contributed by atoms with Gasteiger partial charge in [-0.15, -0.1) is 0 Å². The lowest BCUT2D eigenvalue weighted by atomic mass is 10.1. The molecule has 3 heterocycles. The Morgan fingerprint density at radius 2 is 2.09 bits per heavy atom. The molecule has 0 unspecified atom stereocenters. The van der Waals surface area contributed by atoms with Crippen molar-refractivity contribution in [3.8, 4) is 0 Å². The third-order valence-electron chi connectivity index (χ3n) is 4.49. The monoisotopic (exact) mass is 299 g/mol. The minimum Gasteiger partial charge on any atom is -0.328 e. The van der Waals surface area contributed by atoms with Crippen molar-refractivity contribution in [3.63, 3.8) is 0 Å². The number of likely N-dealkylation sites (N-methyl/N-ethyl adjacent to an activating group) is 1. The molecule has 5 heteroatoms. The van der Waals surface area contributed by atoms with Gasteiger partial charge in [-0.05, 0) is 24.7 Å². The zero-order valence-electron chi connectivity index (χ0n) is 13.5. The zero-order chi connectivity index (χ0) is 15.4. The highest BCUT2D eigenvalue weighted by atomic mass is 15.3. The van der Waals surface area contributed by atoms with E-state index in [2.05, 4.69) is 44.2 Å². The van der Waals surface area contributed by atoms with Crippen LogP contribution in [0.1, 0.15) is 31.1 Å². The molecule has 0 fully saturated rings. The molecule has 1 aliphatic rings. The fourth-order valence-electron chi connectivity index (χ4n) is 3.26. The van der Waals surface area contributed by atoms with Crippen LogP contribution in [0.25, 0.3) is 0 Å². The molecule has 1 atom stereocenters. The fraction of sp³-hybridized carbons (Fsp3) is 0.529. The Labute approximate surface area is 132 Å². The molecule has 1 aliphatic heterocycles. The van der Waals surface area contributed by atoms with E-state index in [4.69, 9.17) is 0 Å². The highest BCUT2D eigenvalue weighted by Crippen LogP contribution is 2.23. The number of imidazole rings is 1. The minimum atomic E-state index is 0.475. The van der Waals surface area contributed by atoms with E-state index < -0.39 is 0 Å². The number of aromatic nitrogens is 3. The molecule has 3 rings (SSSR count). The van der Waals surface area contributed by atoms with Gasteiger partial charge in [0.2, 0.25) is 0 Å². The molecule has 22 heavy (non-hydrogen) atoms. The van der Waals surface area contributed by atoms with Crippen LogP contribution in [0, 0.1) is 0 Å². The van der Waals surface area contributed by atoms with Gasteiger partial charge in [0.25, 0.3) is 0 Å². The average Bonchev–Trinajstić information content (AvgIpc) is 3.02. The summed E-state index contributed by atoms with van der Waals surface area (Å²) in [7, 11) is 0. The molecular weight excluding hydrogens is 274 g/mol. The molecule has 0 amide bonds. The number of nitrogens with zero attached hydrogens (tertiary/aromatic N) is 5. The molecule has 0 saturated heterocycles. The summed E-state index contributed by atoms with van der Waals surface area (Å²) in [6.45, 7) is 10.7. The molecule has 2 aromatic rings. The lowest BCUT2D eigenvalue weighted by Gasteiger charge is -2.36. The minimum absolute atomic E-state index is 0.475. The first-order valence-electron chi connectivity index (χ1n) is 8.14. The van der Waals surface area contributed by atoms with Crippen molar-refractivity contribution >= 4 is 0 Å². The van der Waals surface area contributed by atoms with E-state index in [0.29, 0.717) is 6.04 Å². The summed E-state index contributed by atoms with van der Waals surface area (Å²) in [5.74, 6) is 0. The molecular formula is C17H25N5. The Kier molecular flexibility index (Phi) is 4.85. The van der Waals surface area contributed by atoms with E-state index in [1.165, 1.54) is 11.3 Å². The molecule has 0 N–H and O–H groups in total. The topological polar surface area (TPSA) is 37.2 Å². The van der Waals surface area contributed by atoms with Crippen LogP contribution in [0.2, 0.25) is 0 Å². The van der Waals surface area contributed by atoms with Gasteiger partial charge in [-0.25, -0.2) is 4.98 Å². The van der Waals surface area contributed by atoms with Crippen molar-refractivity contribution in [1.82, 2.24) is 24.3 Å². The van der Waals surface area contributed by atoms with Gasteiger partial charge in [-0.1, -0.05) is 19.9 Å². The van der Waals surface area contributed by atoms with E-state index in [0.717, 1.165) is 39.3 Å². The van der Waals surface area contributed by atoms with E-state index in [9.17, 15) is 0 Å². The van der Waals surface area contributed by atoms with Crippen molar-refractivity contribution in [3.05, 3.63) is 48.3 Å². The molecule has 118 valence electrons. The zero-order valence-corrected chi connectivity index (χ0v) is 13.5. The van der Waals surface area contributed by atoms with Crippen molar-refractivity contribution in [2.24, 2.45) is 0 Å². The summed E-state index contributed by atoms with van der Waals surface area (Å²) in [6.07, 6.45) is 7.79. The van der Waals surface area contributed by atoms with Gasteiger partial charge in [-0.2, -0.15) is 0 Å². The third-order valence-corrected chi connectivity index (χ3v) is 4.49. The maximum atomic E-state index is 4.36. The summed E-state index contributed by atoms with van der Waals surface area (Å²) < 4.78 is 2.36. The standard InChI is InChI=1S/C17H25N5/c1-3-20(4-2)12-17-13-21(10-15-6-5-7-18-8-15)11-16-9-19-14-22(16)17/h5-9,14,17H,3-4,10-13H2,1-2H3/t17-/m0/s1. The first-order chi connectivity index (χ1) is 10.8. The van der Waals surface area contributed by atoms with Crippen LogP contribution in [0.5, 0.6) is 0 Å². The van der Waals surface area contributed by atoms with Crippen LogP contribution >= 0.6 is 0 Å². The van der Waals surface area contributed by atoms with Crippen LogP contribution < -0.4 is 0 Å². The van der Waals surface area contributed by atoms with Crippen LogP contribution in [-0.4, -0.2) is 50.5 Å². The molecule has 2 aromatic heterocycles. The fourth-order valence-corrected chi connectivity index (χ4v) is 3.26. The van der Waals surface area contributed by atoms with Gasteiger partial charge in [0.1, 0.15) is 0 Å². The second-order valence-corrected chi connectivity index (χ2v) is 5.96. The third kappa shape index (κ3) is 3.36. The van der Waals surface area contributed by atoms with Gasteiger partial charge < -0.3 is 9.47 Å². The highest BCUT2D eigenvalue weighted by Gasteiger charge is 2.26. The number of rotatable bonds is 6. The molecule has 0 spiro atoms. The Hall–Kier alpha value is -1.72. The second kappa shape index (κ2) is 7.03.